The first-order valence-corrected chi connectivity index (χ1v) is 9.13. The normalized spacial score (nSPS) is 17.4. The van der Waals surface area contributed by atoms with Crippen LogP contribution in [0.1, 0.15) is 44.5 Å². The van der Waals surface area contributed by atoms with E-state index in [9.17, 15) is 19.2 Å². The highest BCUT2D eigenvalue weighted by Crippen LogP contribution is 2.27. The van der Waals surface area contributed by atoms with Gasteiger partial charge in [-0.1, -0.05) is 36.4 Å². The molecular formula is C21H25NO6. The molecule has 2 rings (SSSR count). The van der Waals surface area contributed by atoms with E-state index in [-0.39, 0.29) is 18.8 Å². The Bertz CT molecular complexity index is 778. The molecule has 0 spiro atoms. The molecule has 7 nitrogen and oxygen atoms in total. The summed E-state index contributed by atoms with van der Waals surface area (Å²) in [6, 6.07) is 7.56. The molecule has 0 N–H and O–H groups in total. The van der Waals surface area contributed by atoms with E-state index in [1.54, 1.807) is 58.0 Å². The summed E-state index contributed by atoms with van der Waals surface area (Å²) in [5.41, 5.74) is -0.377. The van der Waals surface area contributed by atoms with Gasteiger partial charge in [-0.05, 0) is 27.7 Å². The van der Waals surface area contributed by atoms with E-state index in [0.717, 1.165) is 4.90 Å². The summed E-state index contributed by atoms with van der Waals surface area (Å²) in [5, 5.41) is 0. The highest BCUT2D eigenvalue weighted by atomic mass is 16.6. The van der Waals surface area contributed by atoms with Crippen molar-refractivity contribution in [1.29, 1.82) is 0 Å². The first-order valence-electron chi connectivity index (χ1n) is 9.13. The zero-order valence-corrected chi connectivity index (χ0v) is 16.5. The second kappa shape index (κ2) is 8.82. The number of hydrogen-bond donors (Lipinski definition) is 0. The molecule has 0 aliphatic carbocycles. The topological polar surface area (TPSA) is 90.0 Å². The van der Waals surface area contributed by atoms with Crippen LogP contribution < -0.4 is 0 Å². The van der Waals surface area contributed by atoms with Gasteiger partial charge < -0.3 is 9.47 Å². The molecular weight excluding hydrogens is 362 g/mol. The van der Waals surface area contributed by atoms with Crippen molar-refractivity contribution in [2.75, 3.05) is 6.61 Å². The Morgan fingerprint density at radius 3 is 2.36 bits per heavy atom. The van der Waals surface area contributed by atoms with Gasteiger partial charge in [0, 0.05) is 18.1 Å². The lowest BCUT2D eigenvalue weighted by Crippen LogP contribution is -2.48. The van der Waals surface area contributed by atoms with E-state index in [0.29, 0.717) is 5.56 Å². The standard InChI is InChI=1S/C21H25NO6/c1-5-27-19(25)15(13-17(23)14-9-7-6-8-10-14)16-11-12-18(24)22(16)20(26)28-21(2,3)4/h6-12,15-16H,5,13H2,1-4H3/t15-,16-/m1/s1. The average molecular weight is 387 g/mol. The highest BCUT2D eigenvalue weighted by Gasteiger charge is 2.43. The Morgan fingerprint density at radius 2 is 1.79 bits per heavy atom. The fourth-order valence-electron chi connectivity index (χ4n) is 2.87. The lowest BCUT2D eigenvalue weighted by molar-refractivity contribution is -0.150. The van der Waals surface area contributed by atoms with E-state index < -0.39 is 35.5 Å². The molecule has 0 saturated heterocycles. The number of ether oxygens (including phenoxy) is 2. The van der Waals surface area contributed by atoms with Crippen LogP contribution in [0.15, 0.2) is 42.5 Å². The molecule has 28 heavy (non-hydrogen) atoms. The number of ketones is 1. The molecule has 1 heterocycles. The summed E-state index contributed by atoms with van der Waals surface area (Å²) in [6.07, 6.45) is 1.57. The zero-order chi connectivity index (χ0) is 20.9. The number of hydrogen-bond acceptors (Lipinski definition) is 6. The Balaban J connectivity index is 2.29. The van der Waals surface area contributed by atoms with E-state index in [1.165, 1.54) is 12.2 Å². The molecule has 1 aromatic rings. The molecule has 0 saturated carbocycles. The van der Waals surface area contributed by atoms with E-state index >= 15 is 0 Å². The number of benzene rings is 1. The number of rotatable bonds is 6. The summed E-state index contributed by atoms with van der Waals surface area (Å²) < 4.78 is 10.4. The Kier molecular flexibility index (Phi) is 6.72. The van der Waals surface area contributed by atoms with Gasteiger partial charge in [-0.15, -0.1) is 0 Å². The monoisotopic (exact) mass is 387 g/mol. The van der Waals surface area contributed by atoms with Gasteiger partial charge in [-0.25, -0.2) is 9.69 Å². The minimum Gasteiger partial charge on any atom is -0.466 e. The van der Waals surface area contributed by atoms with Crippen LogP contribution in [0.3, 0.4) is 0 Å². The largest absolute Gasteiger partial charge is 0.466 e. The van der Waals surface area contributed by atoms with Crippen molar-refractivity contribution in [2.24, 2.45) is 5.92 Å². The number of carbonyl (C=O) groups excluding carboxylic acids is 4. The van der Waals surface area contributed by atoms with Gasteiger partial charge in [-0.2, -0.15) is 0 Å². The van der Waals surface area contributed by atoms with Crippen LogP contribution in [-0.2, 0) is 19.1 Å². The van der Waals surface area contributed by atoms with Crippen molar-refractivity contribution >= 4 is 23.8 Å². The molecule has 1 aromatic carbocycles. The number of Topliss-reactive ketones (excluding diaryl/α,β-unsaturated/α-hetero) is 1. The molecule has 0 aromatic heterocycles. The Labute approximate surface area is 164 Å². The molecule has 0 unspecified atom stereocenters. The molecule has 0 fully saturated rings. The zero-order valence-electron chi connectivity index (χ0n) is 16.5. The maximum absolute atomic E-state index is 12.7. The highest BCUT2D eigenvalue weighted by molar-refractivity contribution is 6.03. The smallest absolute Gasteiger partial charge is 0.417 e. The minimum absolute atomic E-state index is 0.117. The first kappa shape index (κ1) is 21.3. The van der Waals surface area contributed by atoms with E-state index in [2.05, 4.69) is 0 Å². The number of nitrogens with zero attached hydrogens (tertiary/aromatic N) is 1. The summed E-state index contributed by atoms with van der Waals surface area (Å²) in [7, 11) is 0. The SMILES string of the molecule is CCOC(=O)[C@H](CC(=O)c1ccccc1)[C@H]1C=CC(=O)N1C(=O)OC(C)(C)C. The van der Waals surface area contributed by atoms with Gasteiger partial charge in [0.1, 0.15) is 5.60 Å². The molecule has 2 atom stereocenters. The van der Waals surface area contributed by atoms with Gasteiger partial charge >= 0.3 is 12.1 Å². The van der Waals surface area contributed by atoms with Gasteiger partial charge in [0.05, 0.1) is 18.6 Å². The van der Waals surface area contributed by atoms with Crippen molar-refractivity contribution in [3.8, 4) is 0 Å². The second-order valence-corrected chi connectivity index (χ2v) is 7.39. The van der Waals surface area contributed by atoms with Crippen LogP contribution in [0.4, 0.5) is 4.79 Å². The summed E-state index contributed by atoms with van der Waals surface area (Å²) in [5.74, 6) is -2.55. The summed E-state index contributed by atoms with van der Waals surface area (Å²) >= 11 is 0. The Morgan fingerprint density at radius 1 is 1.14 bits per heavy atom. The molecule has 1 aliphatic heterocycles. The molecule has 150 valence electrons. The molecule has 0 bridgehead atoms. The van der Waals surface area contributed by atoms with E-state index in [1.807, 2.05) is 0 Å². The fourth-order valence-corrected chi connectivity index (χ4v) is 2.87. The third kappa shape index (κ3) is 5.28. The van der Waals surface area contributed by atoms with Crippen molar-refractivity contribution < 1.29 is 28.7 Å². The van der Waals surface area contributed by atoms with Crippen molar-refractivity contribution in [3.05, 3.63) is 48.0 Å². The summed E-state index contributed by atoms with van der Waals surface area (Å²) in [6.45, 7) is 6.79. The average Bonchev–Trinajstić information content (AvgIpc) is 3.00. The van der Waals surface area contributed by atoms with Crippen molar-refractivity contribution in [2.45, 2.75) is 45.8 Å². The van der Waals surface area contributed by atoms with Gasteiger partial charge in [0.25, 0.3) is 5.91 Å². The third-order valence-electron chi connectivity index (χ3n) is 4.06. The first-order chi connectivity index (χ1) is 13.1. The third-order valence-corrected chi connectivity index (χ3v) is 4.06. The predicted molar refractivity (Wildman–Crippen MR) is 102 cm³/mol. The van der Waals surface area contributed by atoms with Gasteiger partial charge in [0.2, 0.25) is 0 Å². The summed E-state index contributed by atoms with van der Waals surface area (Å²) in [4.78, 5) is 50.9. The maximum atomic E-state index is 12.7. The quantitative estimate of drug-likeness (QED) is 0.550. The van der Waals surface area contributed by atoms with Gasteiger partial charge in [0.15, 0.2) is 5.78 Å². The number of esters is 1. The Hall–Kier alpha value is -2.96. The number of carbonyl (C=O) groups is 4. The molecule has 7 heteroatoms. The predicted octanol–water partition coefficient (Wildman–Crippen LogP) is 3.14. The lowest BCUT2D eigenvalue weighted by atomic mass is 9.91. The van der Waals surface area contributed by atoms with Crippen molar-refractivity contribution in [1.82, 2.24) is 4.90 Å². The van der Waals surface area contributed by atoms with Crippen LogP contribution in [0, 0.1) is 5.92 Å². The lowest BCUT2D eigenvalue weighted by Gasteiger charge is -2.30. The van der Waals surface area contributed by atoms with Gasteiger partial charge in [-0.3, -0.25) is 14.4 Å². The van der Waals surface area contributed by atoms with Crippen LogP contribution in [0.5, 0.6) is 0 Å². The minimum atomic E-state index is -1.03. The van der Waals surface area contributed by atoms with Crippen LogP contribution in [0.2, 0.25) is 0 Å². The van der Waals surface area contributed by atoms with Crippen LogP contribution in [-0.4, -0.2) is 46.9 Å². The second-order valence-electron chi connectivity index (χ2n) is 7.39. The fraction of sp³-hybridized carbons (Fsp3) is 0.429. The molecule has 1 aliphatic rings. The van der Waals surface area contributed by atoms with Crippen LogP contribution >= 0.6 is 0 Å². The maximum Gasteiger partial charge on any atom is 0.417 e. The molecule has 0 radical (unpaired) electrons. The number of amides is 2. The number of imide groups is 1. The van der Waals surface area contributed by atoms with E-state index in [4.69, 9.17) is 9.47 Å². The van der Waals surface area contributed by atoms with Crippen LogP contribution in [0.25, 0.3) is 0 Å². The molecule has 2 amide bonds. The van der Waals surface area contributed by atoms with Crippen molar-refractivity contribution in [3.63, 3.8) is 0 Å².